The quantitative estimate of drug-likeness (QED) is 0.393. The van der Waals surface area contributed by atoms with Crippen molar-refractivity contribution in [1.29, 1.82) is 0 Å². The molecule has 1 aromatic heterocycles. The highest BCUT2D eigenvalue weighted by molar-refractivity contribution is 6.04. The third kappa shape index (κ3) is 6.50. The number of pyridine rings is 1. The van der Waals surface area contributed by atoms with Gasteiger partial charge in [-0.15, -0.1) is 0 Å². The van der Waals surface area contributed by atoms with E-state index in [-0.39, 0.29) is 11.6 Å². The van der Waals surface area contributed by atoms with Crippen LogP contribution in [0.1, 0.15) is 47.2 Å². The summed E-state index contributed by atoms with van der Waals surface area (Å²) in [6.07, 6.45) is 8.05. The van der Waals surface area contributed by atoms with Crippen molar-refractivity contribution in [1.82, 2.24) is 10.3 Å². The first-order chi connectivity index (χ1) is 17.9. The number of aromatic nitrogens is 1. The number of nitrogens with one attached hydrogen (secondary N) is 1. The minimum absolute atomic E-state index is 0.0445. The van der Waals surface area contributed by atoms with Gasteiger partial charge in [-0.2, -0.15) is 0 Å². The molecule has 1 aliphatic carbocycles. The molecule has 0 spiro atoms. The van der Waals surface area contributed by atoms with Gasteiger partial charge in [-0.25, -0.2) is 18.6 Å². The molecule has 1 aliphatic rings. The molecule has 3 aromatic rings. The molecule has 0 aliphatic heterocycles. The summed E-state index contributed by atoms with van der Waals surface area (Å²) >= 11 is 0. The third-order valence-electron chi connectivity index (χ3n) is 7.14. The number of carbonyl (C=O) groups is 1. The average molecular weight is 510 g/mol. The Labute approximate surface area is 215 Å². The first-order valence-electron chi connectivity index (χ1n) is 12.5. The molecule has 0 radical (unpaired) electrons. The zero-order chi connectivity index (χ0) is 26.4. The molecular formula is C29H33F2N3O3. The Hall–Kier alpha value is -3.36. The second-order valence-electron chi connectivity index (χ2n) is 9.47. The number of ether oxygens (including phenoxy) is 2. The van der Waals surface area contributed by atoms with Crippen molar-refractivity contribution in [3.63, 3.8) is 0 Å². The lowest BCUT2D eigenvalue weighted by molar-refractivity contribution is 0.0603. The van der Waals surface area contributed by atoms with E-state index in [1.807, 2.05) is 18.2 Å². The second kappa shape index (κ2) is 12.3. The van der Waals surface area contributed by atoms with Gasteiger partial charge in [0.2, 0.25) is 5.88 Å². The van der Waals surface area contributed by atoms with E-state index in [1.54, 1.807) is 25.3 Å². The van der Waals surface area contributed by atoms with E-state index in [0.29, 0.717) is 41.9 Å². The van der Waals surface area contributed by atoms with Crippen molar-refractivity contribution in [2.24, 2.45) is 11.7 Å². The molecule has 1 fully saturated rings. The molecule has 37 heavy (non-hydrogen) atoms. The summed E-state index contributed by atoms with van der Waals surface area (Å²) in [4.78, 5) is 16.8. The first-order valence-corrected chi connectivity index (χ1v) is 12.5. The summed E-state index contributed by atoms with van der Waals surface area (Å²) in [5, 5.41) is 4.20. The zero-order valence-electron chi connectivity index (χ0n) is 21.2. The predicted octanol–water partition coefficient (Wildman–Crippen LogP) is 5.04. The molecule has 1 atom stereocenters. The smallest absolute Gasteiger partial charge is 0.338 e. The van der Waals surface area contributed by atoms with Gasteiger partial charge in [-0.3, -0.25) is 0 Å². The minimum atomic E-state index is -0.453. The highest BCUT2D eigenvalue weighted by Crippen LogP contribution is 2.30. The topological polar surface area (TPSA) is 86.5 Å². The average Bonchev–Trinajstić information content (AvgIpc) is 2.92. The number of halogens is 2. The van der Waals surface area contributed by atoms with E-state index in [4.69, 9.17) is 15.2 Å². The molecule has 8 heteroatoms. The third-order valence-corrected chi connectivity index (χ3v) is 7.14. The first kappa shape index (κ1) is 26.7. The van der Waals surface area contributed by atoms with E-state index < -0.39 is 17.6 Å². The van der Waals surface area contributed by atoms with Gasteiger partial charge in [-0.05, 0) is 73.9 Å². The van der Waals surface area contributed by atoms with E-state index in [2.05, 4.69) is 10.3 Å². The SMILES string of the molecule is COC(=O)c1ccc(C[C@@H](N)C2CCC(NC/C=C/c3cc(F)ccc3F)CC2)c2nc(OC)ccc12. The Morgan fingerprint density at radius 2 is 1.92 bits per heavy atom. The largest absolute Gasteiger partial charge is 0.481 e. The van der Waals surface area contributed by atoms with Crippen molar-refractivity contribution >= 4 is 22.9 Å². The maximum Gasteiger partial charge on any atom is 0.338 e. The lowest BCUT2D eigenvalue weighted by Gasteiger charge is -2.32. The number of nitrogens with zero attached hydrogens (tertiary/aromatic N) is 1. The number of hydrogen-bond acceptors (Lipinski definition) is 6. The fourth-order valence-corrected chi connectivity index (χ4v) is 5.06. The summed E-state index contributed by atoms with van der Waals surface area (Å²) in [5.74, 6) is -0.449. The van der Waals surface area contributed by atoms with Crippen LogP contribution >= 0.6 is 0 Å². The fourth-order valence-electron chi connectivity index (χ4n) is 5.06. The molecule has 0 bridgehead atoms. The molecule has 1 heterocycles. The Balaban J connectivity index is 1.34. The fraction of sp³-hybridized carbons (Fsp3) is 0.379. The highest BCUT2D eigenvalue weighted by Gasteiger charge is 2.26. The summed E-state index contributed by atoms with van der Waals surface area (Å²) in [6.45, 7) is 0.587. The van der Waals surface area contributed by atoms with E-state index >= 15 is 0 Å². The summed E-state index contributed by atoms with van der Waals surface area (Å²) in [5.41, 5.74) is 9.06. The van der Waals surface area contributed by atoms with Crippen LogP contribution in [0, 0.1) is 17.6 Å². The van der Waals surface area contributed by atoms with Crippen LogP contribution in [-0.4, -0.2) is 43.8 Å². The van der Waals surface area contributed by atoms with Crippen LogP contribution in [0.15, 0.2) is 48.5 Å². The van der Waals surface area contributed by atoms with Crippen molar-refractivity contribution in [3.8, 4) is 5.88 Å². The van der Waals surface area contributed by atoms with E-state index in [9.17, 15) is 13.6 Å². The molecule has 3 N–H and O–H groups in total. The van der Waals surface area contributed by atoms with Gasteiger partial charge in [0.1, 0.15) is 11.6 Å². The number of hydrogen-bond donors (Lipinski definition) is 2. The summed E-state index contributed by atoms with van der Waals surface area (Å²) in [6, 6.07) is 11.0. The number of methoxy groups -OCH3 is 2. The summed E-state index contributed by atoms with van der Waals surface area (Å²) in [7, 11) is 2.92. The van der Waals surface area contributed by atoms with Crippen molar-refractivity contribution in [3.05, 3.63) is 76.9 Å². The maximum absolute atomic E-state index is 13.7. The molecule has 0 unspecified atom stereocenters. The number of fused-ring (bicyclic) bond motifs is 1. The standard InChI is InChI=1S/C29H33F2N3O3/c1-36-27-14-12-23-24(29(35)37-2)11-7-20(28(23)34-27)17-26(32)18-5-9-22(10-6-18)33-15-3-4-19-16-21(30)8-13-25(19)31/h3-4,7-8,11-14,16,18,22,26,33H,5-6,9-10,15,17,32H2,1-2H3/b4-3+/t18?,22?,26-/m1/s1. The molecule has 196 valence electrons. The lowest BCUT2D eigenvalue weighted by Crippen LogP contribution is -2.39. The van der Waals surface area contributed by atoms with Crippen molar-refractivity contribution in [2.75, 3.05) is 20.8 Å². The summed E-state index contributed by atoms with van der Waals surface area (Å²) < 4.78 is 37.3. The number of benzene rings is 2. The van der Waals surface area contributed by atoms with Crippen LogP contribution in [0.4, 0.5) is 8.78 Å². The Morgan fingerprint density at radius 1 is 1.14 bits per heavy atom. The normalized spacial score (nSPS) is 18.7. The van der Waals surface area contributed by atoms with Crippen molar-refractivity contribution in [2.45, 2.75) is 44.2 Å². The molecular weight excluding hydrogens is 476 g/mol. The maximum atomic E-state index is 13.7. The Morgan fingerprint density at radius 3 is 2.65 bits per heavy atom. The number of nitrogens with two attached hydrogens (primary N) is 1. The predicted molar refractivity (Wildman–Crippen MR) is 140 cm³/mol. The van der Waals surface area contributed by atoms with E-state index in [1.165, 1.54) is 13.2 Å². The van der Waals surface area contributed by atoms with Gasteiger partial charge in [0.05, 0.1) is 25.3 Å². The molecule has 6 nitrogen and oxygen atoms in total. The van der Waals surface area contributed by atoms with Gasteiger partial charge in [0.15, 0.2) is 0 Å². The van der Waals surface area contributed by atoms with Gasteiger partial charge in [0.25, 0.3) is 0 Å². The molecule has 4 rings (SSSR count). The van der Waals surface area contributed by atoms with Gasteiger partial charge < -0.3 is 20.5 Å². The monoisotopic (exact) mass is 509 g/mol. The van der Waals surface area contributed by atoms with Gasteiger partial charge >= 0.3 is 5.97 Å². The van der Waals surface area contributed by atoms with Gasteiger partial charge in [0, 0.05) is 35.6 Å². The van der Waals surface area contributed by atoms with Crippen LogP contribution in [0.5, 0.6) is 5.88 Å². The van der Waals surface area contributed by atoms with Crippen LogP contribution in [0.25, 0.3) is 17.0 Å². The molecule has 0 amide bonds. The van der Waals surface area contributed by atoms with Crippen LogP contribution in [-0.2, 0) is 11.2 Å². The Bertz CT molecular complexity index is 1270. The Kier molecular flexibility index (Phi) is 8.84. The zero-order valence-corrected chi connectivity index (χ0v) is 21.2. The molecule has 0 saturated heterocycles. The number of rotatable bonds is 9. The van der Waals surface area contributed by atoms with Crippen LogP contribution < -0.4 is 15.8 Å². The second-order valence-corrected chi connectivity index (χ2v) is 9.47. The lowest BCUT2D eigenvalue weighted by atomic mass is 9.79. The number of carbonyl (C=O) groups excluding carboxylic acids is 1. The molecule has 2 aromatic carbocycles. The minimum Gasteiger partial charge on any atom is -0.481 e. The number of esters is 1. The van der Waals surface area contributed by atoms with Crippen molar-refractivity contribution < 1.29 is 23.0 Å². The van der Waals surface area contributed by atoms with Crippen LogP contribution in [0.2, 0.25) is 0 Å². The van der Waals surface area contributed by atoms with Gasteiger partial charge in [-0.1, -0.05) is 18.2 Å². The van der Waals surface area contributed by atoms with E-state index in [0.717, 1.165) is 48.8 Å². The molecule has 1 saturated carbocycles. The van der Waals surface area contributed by atoms with Crippen LogP contribution in [0.3, 0.4) is 0 Å². The highest BCUT2D eigenvalue weighted by atomic mass is 19.1.